The Morgan fingerprint density at radius 2 is 1.53 bits per heavy atom. The lowest BCUT2D eigenvalue weighted by Crippen LogP contribution is -2.23. The highest BCUT2D eigenvalue weighted by Crippen LogP contribution is 2.27. The second-order valence-corrected chi connectivity index (χ2v) is 6.05. The Morgan fingerprint density at radius 1 is 0.947 bits per heavy atom. The standard InChI is InChI=1S/C14H13NO3S/c15-14(16)10-19(17,18)13-9-5-4-8-12(13)11-6-2-1-3-7-11/h1-9H,10H2,(H2,15,16). The van der Waals surface area contributed by atoms with Gasteiger partial charge in [0.2, 0.25) is 5.91 Å². The molecule has 2 rings (SSSR count). The van der Waals surface area contributed by atoms with Crippen LogP contribution in [0.3, 0.4) is 0 Å². The zero-order valence-corrected chi connectivity index (χ0v) is 10.9. The van der Waals surface area contributed by atoms with E-state index < -0.39 is 21.5 Å². The van der Waals surface area contributed by atoms with E-state index in [4.69, 9.17) is 5.73 Å². The van der Waals surface area contributed by atoms with Gasteiger partial charge in [-0.15, -0.1) is 0 Å². The van der Waals surface area contributed by atoms with E-state index >= 15 is 0 Å². The molecule has 0 fully saturated rings. The molecule has 2 N–H and O–H groups in total. The average Bonchev–Trinajstić information content (AvgIpc) is 2.38. The summed E-state index contributed by atoms with van der Waals surface area (Å²) in [5.74, 6) is -1.54. The van der Waals surface area contributed by atoms with Gasteiger partial charge in [-0.25, -0.2) is 8.42 Å². The molecule has 0 radical (unpaired) electrons. The number of sulfone groups is 1. The summed E-state index contributed by atoms with van der Waals surface area (Å²) >= 11 is 0. The Balaban J connectivity index is 2.58. The van der Waals surface area contributed by atoms with Crippen LogP contribution in [0.1, 0.15) is 0 Å². The molecule has 98 valence electrons. The molecule has 0 saturated carbocycles. The van der Waals surface area contributed by atoms with Gasteiger partial charge in [0.1, 0.15) is 5.75 Å². The van der Waals surface area contributed by atoms with Gasteiger partial charge >= 0.3 is 0 Å². The Kier molecular flexibility index (Phi) is 3.66. The maximum Gasteiger partial charge on any atom is 0.233 e. The molecule has 0 aromatic heterocycles. The fourth-order valence-corrected chi connectivity index (χ4v) is 3.20. The van der Waals surface area contributed by atoms with Crippen LogP contribution in [0.25, 0.3) is 11.1 Å². The SMILES string of the molecule is NC(=O)CS(=O)(=O)c1ccccc1-c1ccccc1. The van der Waals surface area contributed by atoms with Crippen molar-refractivity contribution < 1.29 is 13.2 Å². The number of primary amides is 1. The third-order valence-corrected chi connectivity index (χ3v) is 4.33. The quantitative estimate of drug-likeness (QED) is 0.921. The van der Waals surface area contributed by atoms with Gasteiger partial charge in [0.15, 0.2) is 9.84 Å². The van der Waals surface area contributed by atoms with E-state index in [1.807, 2.05) is 30.3 Å². The van der Waals surface area contributed by atoms with Crippen molar-refractivity contribution in [1.29, 1.82) is 0 Å². The van der Waals surface area contributed by atoms with Crippen molar-refractivity contribution in [3.05, 3.63) is 54.6 Å². The molecular weight excluding hydrogens is 262 g/mol. The molecule has 0 spiro atoms. The molecule has 19 heavy (non-hydrogen) atoms. The number of amides is 1. The van der Waals surface area contributed by atoms with Gasteiger partial charge in [0, 0.05) is 5.56 Å². The number of rotatable bonds is 4. The van der Waals surface area contributed by atoms with Crippen molar-refractivity contribution in [3.8, 4) is 11.1 Å². The summed E-state index contributed by atoms with van der Waals surface area (Å²) in [5, 5.41) is 0. The molecule has 0 bridgehead atoms. The number of benzene rings is 2. The van der Waals surface area contributed by atoms with Gasteiger partial charge in [-0.2, -0.15) is 0 Å². The van der Waals surface area contributed by atoms with Crippen LogP contribution >= 0.6 is 0 Å². The van der Waals surface area contributed by atoms with E-state index in [-0.39, 0.29) is 4.90 Å². The second kappa shape index (κ2) is 5.24. The summed E-state index contributed by atoms with van der Waals surface area (Å²) in [6.07, 6.45) is 0. The van der Waals surface area contributed by atoms with Crippen molar-refractivity contribution >= 4 is 15.7 Å². The molecule has 4 nitrogen and oxygen atoms in total. The lowest BCUT2D eigenvalue weighted by Gasteiger charge is -2.09. The minimum atomic E-state index is -3.71. The van der Waals surface area contributed by atoms with Crippen molar-refractivity contribution in [2.45, 2.75) is 4.90 Å². The average molecular weight is 275 g/mol. The van der Waals surface area contributed by atoms with E-state index in [9.17, 15) is 13.2 Å². The van der Waals surface area contributed by atoms with E-state index in [0.29, 0.717) is 5.56 Å². The number of hydrogen-bond donors (Lipinski definition) is 1. The zero-order valence-electron chi connectivity index (χ0n) is 10.1. The number of nitrogens with two attached hydrogens (primary N) is 1. The molecule has 2 aromatic carbocycles. The third-order valence-electron chi connectivity index (χ3n) is 2.64. The minimum Gasteiger partial charge on any atom is -0.369 e. The normalized spacial score (nSPS) is 11.2. The predicted molar refractivity (Wildman–Crippen MR) is 73.1 cm³/mol. The lowest BCUT2D eigenvalue weighted by atomic mass is 10.1. The highest BCUT2D eigenvalue weighted by molar-refractivity contribution is 7.92. The van der Waals surface area contributed by atoms with Gasteiger partial charge in [-0.05, 0) is 11.6 Å². The van der Waals surface area contributed by atoms with E-state index in [0.717, 1.165) is 5.56 Å². The van der Waals surface area contributed by atoms with Gasteiger partial charge in [-0.3, -0.25) is 4.79 Å². The molecule has 0 aliphatic carbocycles. The van der Waals surface area contributed by atoms with Crippen molar-refractivity contribution in [1.82, 2.24) is 0 Å². The number of hydrogen-bond acceptors (Lipinski definition) is 3. The molecule has 0 atom stereocenters. The molecule has 2 aromatic rings. The fourth-order valence-electron chi connectivity index (χ4n) is 1.86. The summed E-state index contributed by atoms with van der Waals surface area (Å²) < 4.78 is 24.3. The van der Waals surface area contributed by atoms with Crippen molar-refractivity contribution in [2.24, 2.45) is 5.73 Å². The van der Waals surface area contributed by atoms with Crippen LogP contribution in [0.5, 0.6) is 0 Å². The summed E-state index contributed by atoms with van der Waals surface area (Å²) in [5.41, 5.74) is 6.34. The Bertz CT molecular complexity index is 694. The van der Waals surface area contributed by atoms with Crippen LogP contribution < -0.4 is 5.73 Å². The topological polar surface area (TPSA) is 77.2 Å². The maximum absolute atomic E-state index is 12.1. The first-order valence-corrected chi connectivity index (χ1v) is 7.31. The Hall–Kier alpha value is -2.14. The molecule has 0 heterocycles. The van der Waals surface area contributed by atoms with Gasteiger partial charge in [0.05, 0.1) is 4.90 Å². The Morgan fingerprint density at radius 3 is 2.16 bits per heavy atom. The molecule has 0 aliphatic rings. The largest absolute Gasteiger partial charge is 0.369 e. The predicted octanol–water partition coefficient (Wildman–Crippen LogP) is 1.61. The van der Waals surface area contributed by atoms with Gasteiger partial charge < -0.3 is 5.73 Å². The van der Waals surface area contributed by atoms with Crippen LogP contribution in [0.4, 0.5) is 0 Å². The second-order valence-electron chi connectivity index (χ2n) is 4.09. The minimum absolute atomic E-state index is 0.125. The van der Waals surface area contributed by atoms with E-state index in [1.54, 1.807) is 18.2 Å². The fraction of sp³-hybridized carbons (Fsp3) is 0.0714. The first-order valence-electron chi connectivity index (χ1n) is 5.66. The molecule has 1 amide bonds. The lowest BCUT2D eigenvalue weighted by molar-refractivity contribution is -0.115. The first-order chi connectivity index (χ1) is 9.00. The summed E-state index contributed by atoms with van der Waals surface area (Å²) in [4.78, 5) is 11.0. The summed E-state index contributed by atoms with van der Waals surface area (Å²) in [6.45, 7) is 0. The summed E-state index contributed by atoms with van der Waals surface area (Å²) in [6, 6.07) is 15.7. The highest BCUT2D eigenvalue weighted by Gasteiger charge is 2.21. The number of carbonyl (C=O) groups excluding carboxylic acids is 1. The van der Waals surface area contributed by atoms with Crippen LogP contribution in [0.15, 0.2) is 59.5 Å². The molecule has 5 heteroatoms. The van der Waals surface area contributed by atoms with Crippen LogP contribution in [-0.4, -0.2) is 20.1 Å². The molecule has 0 saturated heterocycles. The smallest absolute Gasteiger partial charge is 0.233 e. The van der Waals surface area contributed by atoms with Crippen LogP contribution in [0.2, 0.25) is 0 Å². The monoisotopic (exact) mass is 275 g/mol. The number of carbonyl (C=O) groups is 1. The highest BCUT2D eigenvalue weighted by atomic mass is 32.2. The van der Waals surface area contributed by atoms with Crippen molar-refractivity contribution in [2.75, 3.05) is 5.75 Å². The summed E-state index contributed by atoms with van der Waals surface area (Å²) in [7, 11) is -3.71. The molecular formula is C14H13NO3S. The van der Waals surface area contributed by atoms with E-state index in [2.05, 4.69) is 0 Å². The van der Waals surface area contributed by atoms with Crippen molar-refractivity contribution in [3.63, 3.8) is 0 Å². The zero-order chi connectivity index (χ0) is 13.9. The maximum atomic E-state index is 12.1. The van der Waals surface area contributed by atoms with E-state index in [1.165, 1.54) is 6.07 Å². The molecule has 0 aliphatic heterocycles. The van der Waals surface area contributed by atoms with Crippen LogP contribution in [-0.2, 0) is 14.6 Å². The first kappa shape index (κ1) is 13.3. The molecule has 0 unspecified atom stereocenters. The van der Waals surface area contributed by atoms with Crippen LogP contribution in [0, 0.1) is 0 Å². The van der Waals surface area contributed by atoms with Gasteiger partial charge in [0.25, 0.3) is 0 Å². The Labute approximate surface area is 111 Å². The third kappa shape index (κ3) is 3.00. The van der Waals surface area contributed by atoms with Gasteiger partial charge in [-0.1, -0.05) is 48.5 Å².